The molecule has 0 heterocycles. The van der Waals surface area contributed by atoms with Gasteiger partial charge in [0.2, 0.25) is 0 Å². The van der Waals surface area contributed by atoms with Crippen LogP contribution in [0.15, 0.2) is 11.6 Å². The van der Waals surface area contributed by atoms with Crippen LogP contribution in [0.4, 0.5) is 0 Å². The third kappa shape index (κ3) is 5.21. The van der Waals surface area contributed by atoms with Crippen LogP contribution in [0.1, 0.15) is 60.3 Å². The summed E-state index contributed by atoms with van der Waals surface area (Å²) >= 11 is 0. The summed E-state index contributed by atoms with van der Waals surface area (Å²) in [5.41, 5.74) is 1.50. The number of nitrogens with one attached hydrogen (secondary N) is 1. The highest BCUT2D eigenvalue weighted by Crippen LogP contribution is 2.35. The number of carboxylic acid groups (broad SMARTS) is 1. The highest BCUT2D eigenvalue weighted by atomic mass is 16.4. The first-order valence-corrected chi connectivity index (χ1v) is 6.77. The van der Waals surface area contributed by atoms with Gasteiger partial charge in [0.15, 0.2) is 0 Å². The van der Waals surface area contributed by atoms with Crippen LogP contribution < -0.4 is 5.32 Å². The quantitative estimate of drug-likeness (QED) is 0.755. The number of carbonyl (C=O) groups is 1. The van der Waals surface area contributed by atoms with Crippen molar-refractivity contribution in [2.75, 3.05) is 0 Å². The van der Waals surface area contributed by atoms with Crippen LogP contribution >= 0.6 is 0 Å². The summed E-state index contributed by atoms with van der Waals surface area (Å²) in [6.45, 7) is 10.5. The fraction of sp³-hybridized carbons (Fsp3) is 0.800. The second-order valence-corrected chi connectivity index (χ2v) is 7.22. The molecule has 3 heteroatoms. The second kappa shape index (κ2) is 5.43. The van der Waals surface area contributed by atoms with E-state index in [1.807, 2.05) is 20.8 Å². The van der Waals surface area contributed by atoms with Gasteiger partial charge >= 0.3 is 5.97 Å². The summed E-state index contributed by atoms with van der Waals surface area (Å²) in [5.74, 6) is -0.754. The van der Waals surface area contributed by atoms with Crippen LogP contribution in [0.5, 0.6) is 0 Å². The average Bonchev–Trinajstić information content (AvgIpc) is 2.18. The lowest BCUT2D eigenvalue weighted by Gasteiger charge is -2.31. The van der Waals surface area contributed by atoms with Crippen molar-refractivity contribution in [3.63, 3.8) is 0 Å². The van der Waals surface area contributed by atoms with Crippen LogP contribution in [0.3, 0.4) is 0 Å². The minimum absolute atomic E-state index is 0.169. The zero-order valence-corrected chi connectivity index (χ0v) is 12.3. The monoisotopic (exact) mass is 253 g/mol. The number of rotatable bonds is 4. The number of carboxylic acids is 1. The molecule has 1 rings (SSSR count). The average molecular weight is 253 g/mol. The van der Waals surface area contributed by atoms with Crippen molar-refractivity contribution in [2.45, 2.75) is 71.9 Å². The van der Waals surface area contributed by atoms with Crippen LogP contribution in [0.25, 0.3) is 0 Å². The number of hydrogen-bond acceptors (Lipinski definition) is 2. The Morgan fingerprint density at radius 1 is 1.50 bits per heavy atom. The zero-order chi connectivity index (χ0) is 14.0. The molecule has 0 fully saturated rings. The van der Waals surface area contributed by atoms with E-state index in [1.165, 1.54) is 5.57 Å². The van der Waals surface area contributed by atoms with Crippen molar-refractivity contribution in [2.24, 2.45) is 5.41 Å². The van der Waals surface area contributed by atoms with E-state index in [0.717, 1.165) is 19.3 Å². The molecule has 0 bridgehead atoms. The second-order valence-electron chi connectivity index (χ2n) is 7.22. The summed E-state index contributed by atoms with van der Waals surface area (Å²) < 4.78 is 0. The minimum atomic E-state index is -0.754. The van der Waals surface area contributed by atoms with E-state index < -0.39 is 12.0 Å². The van der Waals surface area contributed by atoms with E-state index in [4.69, 9.17) is 0 Å². The lowest BCUT2D eigenvalue weighted by molar-refractivity contribution is -0.140. The van der Waals surface area contributed by atoms with E-state index in [1.54, 1.807) is 0 Å². The predicted molar refractivity (Wildman–Crippen MR) is 74.6 cm³/mol. The van der Waals surface area contributed by atoms with Crippen LogP contribution in [-0.4, -0.2) is 22.7 Å². The van der Waals surface area contributed by atoms with Gasteiger partial charge in [-0.2, -0.15) is 0 Å². The molecule has 3 nitrogen and oxygen atoms in total. The maximum atomic E-state index is 11.3. The molecule has 2 N–H and O–H groups in total. The third-order valence-electron chi connectivity index (χ3n) is 3.44. The molecule has 1 aliphatic rings. The molecular formula is C15H27NO2. The van der Waals surface area contributed by atoms with Crippen LogP contribution in [0.2, 0.25) is 0 Å². The van der Waals surface area contributed by atoms with Crippen LogP contribution in [0, 0.1) is 5.41 Å². The zero-order valence-electron chi connectivity index (χ0n) is 12.3. The number of aliphatic carboxylic acids is 1. The smallest absolute Gasteiger partial charge is 0.321 e. The van der Waals surface area contributed by atoms with E-state index in [9.17, 15) is 9.90 Å². The molecule has 0 aromatic carbocycles. The maximum Gasteiger partial charge on any atom is 0.321 e. The van der Waals surface area contributed by atoms with Gasteiger partial charge in [0.25, 0.3) is 0 Å². The summed E-state index contributed by atoms with van der Waals surface area (Å²) in [6.07, 6.45) is 6.11. The lowest BCUT2D eigenvalue weighted by atomic mass is 9.77. The molecule has 0 radical (unpaired) electrons. The van der Waals surface area contributed by atoms with E-state index in [2.05, 4.69) is 25.2 Å². The topological polar surface area (TPSA) is 49.3 Å². The standard InChI is InChI=1S/C15H27NO2/c1-14(2,3)16-12(13(17)18)10-11-6-8-15(4,5)9-7-11/h6,12,16H,7-10H2,1-5H3,(H,17,18). The van der Waals surface area contributed by atoms with Crippen molar-refractivity contribution in [3.05, 3.63) is 11.6 Å². The molecule has 0 amide bonds. The first kappa shape index (κ1) is 15.2. The van der Waals surface area contributed by atoms with Gasteiger partial charge in [-0.15, -0.1) is 0 Å². The third-order valence-corrected chi connectivity index (χ3v) is 3.44. The molecule has 1 atom stereocenters. The van der Waals surface area contributed by atoms with Gasteiger partial charge < -0.3 is 5.11 Å². The van der Waals surface area contributed by atoms with Crippen molar-refractivity contribution in [1.29, 1.82) is 0 Å². The molecule has 0 saturated heterocycles. The molecular weight excluding hydrogens is 226 g/mol. The van der Waals surface area contributed by atoms with Gasteiger partial charge in [0.1, 0.15) is 6.04 Å². The first-order valence-electron chi connectivity index (χ1n) is 6.77. The highest BCUT2D eigenvalue weighted by molar-refractivity contribution is 5.74. The lowest BCUT2D eigenvalue weighted by Crippen LogP contribution is -2.48. The molecule has 0 spiro atoms. The largest absolute Gasteiger partial charge is 0.480 e. The van der Waals surface area contributed by atoms with Crippen LogP contribution in [-0.2, 0) is 4.79 Å². The van der Waals surface area contributed by atoms with E-state index in [-0.39, 0.29) is 5.54 Å². The molecule has 1 unspecified atom stereocenters. The Bertz CT molecular complexity index is 337. The van der Waals surface area contributed by atoms with Crippen molar-refractivity contribution in [3.8, 4) is 0 Å². The fourth-order valence-corrected chi connectivity index (χ4v) is 2.29. The van der Waals surface area contributed by atoms with E-state index >= 15 is 0 Å². The first-order chi connectivity index (χ1) is 8.09. The predicted octanol–water partition coefficient (Wildman–Crippen LogP) is 3.35. The highest BCUT2D eigenvalue weighted by Gasteiger charge is 2.27. The summed E-state index contributed by atoms with van der Waals surface area (Å²) in [4.78, 5) is 11.3. The Balaban J connectivity index is 2.63. The molecule has 0 aromatic heterocycles. The molecule has 0 saturated carbocycles. The maximum absolute atomic E-state index is 11.3. The Morgan fingerprint density at radius 3 is 2.50 bits per heavy atom. The molecule has 18 heavy (non-hydrogen) atoms. The van der Waals surface area contributed by atoms with E-state index in [0.29, 0.717) is 11.8 Å². The van der Waals surface area contributed by atoms with Gasteiger partial charge in [-0.25, -0.2) is 0 Å². The van der Waals surface area contributed by atoms with Gasteiger partial charge in [-0.05, 0) is 51.9 Å². The molecule has 1 aliphatic carbocycles. The van der Waals surface area contributed by atoms with Gasteiger partial charge in [-0.1, -0.05) is 25.5 Å². The molecule has 0 aromatic rings. The molecule has 0 aliphatic heterocycles. The van der Waals surface area contributed by atoms with Crippen molar-refractivity contribution < 1.29 is 9.90 Å². The summed E-state index contributed by atoms with van der Waals surface area (Å²) in [7, 11) is 0. The Hall–Kier alpha value is -0.830. The normalized spacial score (nSPS) is 21.3. The van der Waals surface area contributed by atoms with Gasteiger partial charge in [0, 0.05) is 5.54 Å². The number of allylic oxidation sites excluding steroid dienone is 1. The number of hydrogen-bond donors (Lipinski definition) is 2. The minimum Gasteiger partial charge on any atom is -0.480 e. The van der Waals surface area contributed by atoms with Crippen molar-refractivity contribution >= 4 is 5.97 Å². The summed E-state index contributed by atoms with van der Waals surface area (Å²) in [5, 5.41) is 12.5. The summed E-state index contributed by atoms with van der Waals surface area (Å²) in [6, 6.07) is -0.475. The van der Waals surface area contributed by atoms with Gasteiger partial charge in [-0.3, -0.25) is 10.1 Å². The Kier molecular flexibility index (Phi) is 4.60. The Morgan fingerprint density at radius 2 is 2.11 bits per heavy atom. The SMILES string of the molecule is CC1(C)CC=C(CC(NC(C)(C)C)C(=O)O)CC1. The molecule has 104 valence electrons. The Labute approximate surface area is 111 Å². The fourth-order valence-electron chi connectivity index (χ4n) is 2.29. The van der Waals surface area contributed by atoms with Gasteiger partial charge in [0.05, 0.1) is 0 Å². The van der Waals surface area contributed by atoms with Crippen molar-refractivity contribution in [1.82, 2.24) is 5.32 Å².